The highest BCUT2D eigenvalue weighted by molar-refractivity contribution is 7.14. The van der Waals surface area contributed by atoms with Crippen LogP contribution in [0.4, 0.5) is 5.13 Å². The molecule has 0 radical (unpaired) electrons. The van der Waals surface area contributed by atoms with Crippen molar-refractivity contribution in [3.8, 4) is 17.0 Å². The highest BCUT2D eigenvalue weighted by atomic mass is 32.1. The second kappa shape index (κ2) is 10.1. The standard InChI is InChI=1S/C30H33N3O4S/c1-18-4-9-26(37-16-23-8-5-20(13-19(23)2)28(34)32-10-3-11-32)24(12-18)25-17-38-30(31-25)33-14-21-6-7-22(15-33)27(21)29(35)36/h4-5,8-9,12-13,17,21-22,27H,3,6-7,10-11,14-16H2,1-2H3,(H,35,36)/t21-,22?,27+/m1/s1. The molecule has 3 heterocycles. The Morgan fingerprint density at radius 2 is 1.84 bits per heavy atom. The summed E-state index contributed by atoms with van der Waals surface area (Å²) in [7, 11) is 0. The molecule has 38 heavy (non-hydrogen) atoms. The number of carbonyl (C=O) groups is 2. The summed E-state index contributed by atoms with van der Waals surface area (Å²) >= 11 is 1.61. The maximum absolute atomic E-state index is 12.6. The number of nitrogens with zero attached hydrogens (tertiary/aromatic N) is 3. The molecule has 3 aliphatic rings. The Kier molecular flexibility index (Phi) is 6.60. The van der Waals surface area contributed by atoms with E-state index in [2.05, 4.69) is 23.3 Å². The lowest BCUT2D eigenvalue weighted by atomic mass is 9.85. The number of aryl methyl sites for hydroxylation is 2. The molecule has 2 saturated heterocycles. The lowest BCUT2D eigenvalue weighted by Crippen LogP contribution is -2.44. The first kappa shape index (κ1) is 24.9. The van der Waals surface area contributed by atoms with Crippen LogP contribution in [0.2, 0.25) is 0 Å². The van der Waals surface area contributed by atoms with E-state index in [1.54, 1.807) is 11.3 Å². The summed E-state index contributed by atoms with van der Waals surface area (Å²) in [5, 5.41) is 12.7. The average Bonchev–Trinajstić information content (AvgIpc) is 3.45. The van der Waals surface area contributed by atoms with E-state index >= 15 is 0 Å². The number of anilines is 1. The molecule has 1 amide bonds. The van der Waals surface area contributed by atoms with E-state index in [9.17, 15) is 14.7 Å². The van der Waals surface area contributed by atoms with Crippen molar-refractivity contribution in [1.29, 1.82) is 0 Å². The molecule has 2 bridgehead atoms. The van der Waals surface area contributed by atoms with Gasteiger partial charge < -0.3 is 19.6 Å². The summed E-state index contributed by atoms with van der Waals surface area (Å²) in [5.41, 5.74) is 5.79. The molecule has 1 saturated carbocycles. The van der Waals surface area contributed by atoms with E-state index < -0.39 is 5.97 Å². The van der Waals surface area contributed by atoms with Crippen molar-refractivity contribution >= 4 is 28.3 Å². The molecule has 198 valence electrons. The number of aromatic nitrogens is 1. The minimum Gasteiger partial charge on any atom is -0.488 e. The largest absolute Gasteiger partial charge is 0.488 e. The summed E-state index contributed by atoms with van der Waals surface area (Å²) in [6, 6.07) is 12.0. The van der Waals surface area contributed by atoms with Crippen LogP contribution >= 0.6 is 11.3 Å². The zero-order valence-corrected chi connectivity index (χ0v) is 22.7. The summed E-state index contributed by atoms with van der Waals surface area (Å²) < 4.78 is 6.32. The number of rotatable bonds is 7. The van der Waals surface area contributed by atoms with Crippen LogP contribution in [0.15, 0.2) is 41.8 Å². The molecule has 1 unspecified atom stereocenters. The van der Waals surface area contributed by atoms with Gasteiger partial charge >= 0.3 is 5.97 Å². The minimum absolute atomic E-state index is 0.104. The van der Waals surface area contributed by atoms with E-state index in [1.165, 1.54) is 0 Å². The average molecular weight is 532 g/mol. The third-order valence-electron chi connectivity index (χ3n) is 8.41. The Labute approximate surface area is 227 Å². The van der Waals surface area contributed by atoms with Gasteiger partial charge in [-0.25, -0.2) is 4.98 Å². The highest BCUT2D eigenvalue weighted by Gasteiger charge is 2.46. The summed E-state index contributed by atoms with van der Waals surface area (Å²) in [6.07, 6.45) is 3.05. The van der Waals surface area contributed by atoms with Crippen LogP contribution in [0.5, 0.6) is 5.75 Å². The van der Waals surface area contributed by atoms with Crippen LogP contribution in [0.3, 0.4) is 0 Å². The number of fused-ring (bicyclic) bond motifs is 2. The molecular formula is C30H33N3O4S. The van der Waals surface area contributed by atoms with Crippen molar-refractivity contribution in [1.82, 2.24) is 9.88 Å². The molecule has 8 heteroatoms. The van der Waals surface area contributed by atoms with Crippen LogP contribution in [-0.2, 0) is 11.4 Å². The summed E-state index contributed by atoms with van der Waals surface area (Å²) in [4.78, 5) is 33.4. The van der Waals surface area contributed by atoms with Crippen molar-refractivity contribution in [3.05, 3.63) is 64.0 Å². The predicted octanol–water partition coefficient (Wildman–Crippen LogP) is 5.40. The fraction of sp³-hybridized carbons (Fsp3) is 0.433. The van der Waals surface area contributed by atoms with E-state index in [0.29, 0.717) is 6.61 Å². The van der Waals surface area contributed by atoms with Crippen molar-refractivity contribution in [2.24, 2.45) is 17.8 Å². The van der Waals surface area contributed by atoms with Gasteiger partial charge in [0.1, 0.15) is 12.4 Å². The maximum Gasteiger partial charge on any atom is 0.307 e. The van der Waals surface area contributed by atoms with E-state index in [4.69, 9.17) is 9.72 Å². The third-order valence-corrected chi connectivity index (χ3v) is 9.31. The number of benzene rings is 2. The molecule has 3 atom stereocenters. The number of aliphatic carboxylic acids is 1. The molecule has 2 aliphatic heterocycles. The fourth-order valence-corrected chi connectivity index (χ4v) is 6.98. The number of carbonyl (C=O) groups excluding carboxylic acids is 1. The van der Waals surface area contributed by atoms with Crippen molar-refractivity contribution in [2.45, 2.75) is 39.7 Å². The maximum atomic E-state index is 12.6. The van der Waals surface area contributed by atoms with Crippen LogP contribution in [0, 0.1) is 31.6 Å². The summed E-state index contributed by atoms with van der Waals surface area (Å²) in [5.74, 6) is 0.420. The van der Waals surface area contributed by atoms with Gasteiger partial charge in [0.25, 0.3) is 5.91 Å². The fourth-order valence-electron chi connectivity index (χ4n) is 6.13. The van der Waals surface area contributed by atoms with Gasteiger partial charge in [0.2, 0.25) is 0 Å². The number of ether oxygens (including phenoxy) is 1. The topological polar surface area (TPSA) is 83.0 Å². The minimum atomic E-state index is -0.647. The Morgan fingerprint density at radius 1 is 1.08 bits per heavy atom. The van der Waals surface area contributed by atoms with Crippen LogP contribution < -0.4 is 9.64 Å². The van der Waals surface area contributed by atoms with Gasteiger partial charge in [0, 0.05) is 42.7 Å². The first-order valence-corrected chi connectivity index (χ1v) is 14.3. The SMILES string of the molecule is Cc1ccc(OCc2ccc(C(=O)N3CCC3)cc2C)c(-c2csc(N3CC4CC[C@H](C3)[C@@H]4C(=O)O)n2)c1. The van der Waals surface area contributed by atoms with Gasteiger partial charge in [-0.3, -0.25) is 9.59 Å². The van der Waals surface area contributed by atoms with Crippen LogP contribution in [-0.4, -0.2) is 53.0 Å². The normalized spacial score (nSPS) is 22.3. The Bertz CT molecular complexity index is 1370. The first-order valence-electron chi connectivity index (χ1n) is 13.4. The Morgan fingerprint density at radius 3 is 2.50 bits per heavy atom. The summed E-state index contributed by atoms with van der Waals surface area (Å²) in [6.45, 7) is 7.70. The lowest BCUT2D eigenvalue weighted by molar-refractivity contribution is -0.144. The number of piperidine rings is 1. The van der Waals surface area contributed by atoms with Crippen LogP contribution in [0.1, 0.15) is 46.3 Å². The van der Waals surface area contributed by atoms with Gasteiger partial charge in [-0.1, -0.05) is 17.7 Å². The Balaban J connectivity index is 1.18. The lowest BCUT2D eigenvalue weighted by Gasteiger charge is -2.35. The molecule has 0 spiro atoms. The van der Waals surface area contributed by atoms with E-state index in [1.807, 2.05) is 42.2 Å². The van der Waals surface area contributed by atoms with E-state index in [-0.39, 0.29) is 23.7 Å². The van der Waals surface area contributed by atoms with Gasteiger partial charge in [0.15, 0.2) is 5.13 Å². The predicted molar refractivity (Wildman–Crippen MR) is 148 cm³/mol. The molecule has 3 fully saturated rings. The number of hydrogen-bond donors (Lipinski definition) is 1. The number of hydrogen-bond acceptors (Lipinski definition) is 6. The van der Waals surface area contributed by atoms with Gasteiger partial charge in [-0.2, -0.15) is 0 Å². The monoisotopic (exact) mass is 531 g/mol. The van der Waals surface area contributed by atoms with Crippen molar-refractivity contribution in [3.63, 3.8) is 0 Å². The molecule has 1 aromatic heterocycles. The third kappa shape index (κ3) is 4.66. The second-order valence-corrected chi connectivity index (χ2v) is 11.8. The molecule has 7 nitrogen and oxygen atoms in total. The van der Waals surface area contributed by atoms with Crippen LogP contribution in [0.25, 0.3) is 11.3 Å². The van der Waals surface area contributed by atoms with Gasteiger partial charge in [-0.15, -0.1) is 11.3 Å². The molecule has 1 aliphatic carbocycles. The zero-order valence-electron chi connectivity index (χ0n) is 21.9. The highest BCUT2D eigenvalue weighted by Crippen LogP contribution is 2.44. The zero-order chi connectivity index (χ0) is 26.4. The van der Waals surface area contributed by atoms with E-state index in [0.717, 1.165) is 89.8 Å². The smallest absolute Gasteiger partial charge is 0.307 e. The molecule has 3 aromatic rings. The molecule has 1 N–H and O–H groups in total. The van der Waals surface area contributed by atoms with Crippen molar-refractivity contribution < 1.29 is 19.4 Å². The molecule has 2 aromatic carbocycles. The number of carboxylic acids is 1. The van der Waals surface area contributed by atoms with Gasteiger partial charge in [0.05, 0.1) is 11.6 Å². The Hall–Kier alpha value is -3.39. The molecular weight excluding hydrogens is 498 g/mol. The van der Waals surface area contributed by atoms with Gasteiger partial charge in [-0.05, 0) is 80.3 Å². The number of thiazole rings is 1. The van der Waals surface area contributed by atoms with Crippen molar-refractivity contribution in [2.75, 3.05) is 31.1 Å². The number of carboxylic acid groups (broad SMARTS) is 1. The first-order chi connectivity index (χ1) is 18.4. The number of amides is 1. The quantitative estimate of drug-likeness (QED) is 0.440. The second-order valence-electron chi connectivity index (χ2n) is 11.0. The number of likely N-dealkylation sites (tertiary alicyclic amines) is 1. The molecule has 6 rings (SSSR count).